The summed E-state index contributed by atoms with van der Waals surface area (Å²) < 4.78 is 8.91. The molecule has 1 N–H and O–H groups in total. The first-order chi connectivity index (χ1) is 8.25. The second-order valence-corrected chi connectivity index (χ2v) is 5.14. The van der Waals surface area contributed by atoms with E-state index in [9.17, 15) is 0 Å². The molecule has 2 heterocycles. The van der Waals surface area contributed by atoms with Gasteiger partial charge in [0.25, 0.3) is 0 Å². The Hall–Kier alpha value is -0.910. The van der Waals surface area contributed by atoms with Crippen LogP contribution in [0.4, 0.5) is 0 Å². The van der Waals surface area contributed by atoms with Gasteiger partial charge in [-0.05, 0) is 18.2 Å². The predicted octanol–water partition coefficient (Wildman–Crippen LogP) is 2.00. The number of aromatic nitrogens is 2. The molecule has 0 amide bonds. The lowest BCUT2D eigenvalue weighted by atomic mass is 10.3. The summed E-state index contributed by atoms with van der Waals surface area (Å²) in [5, 5.41) is 3.33. The minimum Gasteiger partial charge on any atom is -0.368 e. The fourth-order valence-corrected chi connectivity index (χ4v) is 2.56. The molecular weight excluding hydrogens is 282 g/mol. The molecule has 0 aliphatic carbocycles. The van der Waals surface area contributed by atoms with E-state index < -0.39 is 0 Å². The van der Waals surface area contributed by atoms with E-state index in [1.54, 1.807) is 0 Å². The molecule has 0 bridgehead atoms. The van der Waals surface area contributed by atoms with E-state index >= 15 is 0 Å². The Labute approximate surface area is 108 Å². The van der Waals surface area contributed by atoms with Gasteiger partial charge >= 0.3 is 0 Å². The maximum Gasteiger partial charge on any atom is 0.140 e. The molecule has 1 fully saturated rings. The van der Waals surface area contributed by atoms with Crippen LogP contribution in [0.25, 0.3) is 11.0 Å². The monoisotopic (exact) mass is 295 g/mol. The topological polar surface area (TPSA) is 39.1 Å². The summed E-state index contributed by atoms with van der Waals surface area (Å²) in [6, 6.07) is 6.15. The third kappa shape index (κ3) is 1.99. The third-order valence-electron chi connectivity index (χ3n) is 3.09. The molecule has 3 rings (SSSR count). The van der Waals surface area contributed by atoms with Gasteiger partial charge in [-0.2, -0.15) is 0 Å². The van der Waals surface area contributed by atoms with Crippen LogP contribution in [0, 0.1) is 0 Å². The van der Waals surface area contributed by atoms with E-state index in [1.165, 1.54) is 0 Å². The summed E-state index contributed by atoms with van der Waals surface area (Å²) in [4.78, 5) is 4.66. The Balaban J connectivity index is 2.07. The zero-order chi connectivity index (χ0) is 11.8. The van der Waals surface area contributed by atoms with Crippen molar-refractivity contribution in [2.24, 2.45) is 7.05 Å². The average molecular weight is 296 g/mol. The maximum absolute atomic E-state index is 5.75. The minimum absolute atomic E-state index is 0.0555. The van der Waals surface area contributed by atoms with E-state index in [4.69, 9.17) is 4.74 Å². The minimum atomic E-state index is 0.0555. The van der Waals surface area contributed by atoms with Crippen LogP contribution in [0.2, 0.25) is 0 Å². The fraction of sp³-hybridized carbons (Fsp3) is 0.417. The lowest BCUT2D eigenvalue weighted by Crippen LogP contribution is -2.34. The highest BCUT2D eigenvalue weighted by Crippen LogP contribution is 2.24. The van der Waals surface area contributed by atoms with E-state index in [0.717, 1.165) is 41.0 Å². The van der Waals surface area contributed by atoms with Crippen LogP contribution in [-0.2, 0) is 11.8 Å². The molecule has 5 heteroatoms. The van der Waals surface area contributed by atoms with E-state index in [1.807, 2.05) is 19.2 Å². The summed E-state index contributed by atoms with van der Waals surface area (Å²) >= 11 is 3.47. The number of hydrogen-bond donors (Lipinski definition) is 1. The van der Waals surface area contributed by atoms with E-state index in [2.05, 4.69) is 36.9 Å². The molecule has 90 valence electrons. The van der Waals surface area contributed by atoms with E-state index in [-0.39, 0.29) is 6.10 Å². The summed E-state index contributed by atoms with van der Waals surface area (Å²) in [5.74, 6) is 0.991. The molecule has 17 heavy (non-hydrogen) atoms. The number of halogens is 1. The number of fused-ring (bicyclic) bond motifs is 1. The number of hydrogen-bond acceptors (Lipinski definition) is 3. The van der Waals surface area contributed by atoms with Crippen LogP contribution in [0.3, 0.4) is 0 Å². The van der Waals surface area contributed by atoms with Gasteiger partial charge in [-0.25, -0.2) is 4.98 Å². The summed E-state index contributed by atoms with van der Waals surface area (Å²) in [6.07, 6.45) is 0.0555. The molecule has 4 nitrogen and oxygen atoms in total. The van der Waals surface area contributed by atoms with Crippen LogP contribution in [-0.4, -0.2) is 29.2 Å². The van der Waals surface area contributed by atoms with Gasteiger partial charge in [0.1, 0.15) is 11.9 Å². The van der Waals surface area contributed by atoms with Gasteiger partial charge in [0.15, 0.2) is 0 Å². The highest BCUT2D eigenvalue weighted by atomic mass is 79.9. The first kappa shape index (κ1) is 11.2. The van der Waals surface area contributed by atoms with Crippen LogP contribution in [0.1, 0.15) is 11.9 Å². The molecule has 0 spiro atoms. The van der Waals surface area contributed by atoms with Crippen molar-refractivity contribution in [1.29, 1.82) is 0 Å². The molecule has 1 aromatic carbocycles. The zero-order valence-electron chi connectivity index (χ0n) is 9.61. The number of nitrogens with zero attached hydrogens (tertiary/aromatic N) is 2. The normalized spacial score (nSPS) is 20.9. The summed E-state index contributed by atoms with van der Waals surface area (Å²) in [5.41, 5.74) is 2.14. The number of rotatable bonds is 1. The van der Waals surface area contributed by atoms with Gasteiger partial charge in [0, 0.05) is 24.6 Å². The Morgan fingerprint density at radius 3 is 3.18 bits per heavy atom. The summed E-state index contributed by atoms with van der Waals surface area (Å²) in [6.45, 7) is 2.50. The van der Waals surface area contributed by atoms with Crippen LogP contribution in [0.15, 0.2) is 22.7 Å². The smallest absolute Gasteiger partial charge is 0.140 e. The van der Waals surface area contributed by atoms with Crippen LogP contribution in [0.5, 0.6) is 0 Å². The van der Waals surface area contributed by atoms with Gasteiger partial charge in [0.05, 0.1) is 17.6 Å². The van der Waals surface area contributed by atoms with Crippen molar-refractivity contribution in [1.82, 2.24) is 14.9 Å². The van der Waals surface area contributed by atoms with Crippen molar-refractivity contribution >= 4 is 27.0 Å². The largest absolute Gasteiger partial charge is 0.368 e. The average Bonchev–Trinajstić information content (AvgIpc) is 2.67. The number of ether oxygens (including phenoxy) is 1. The van der Waals surface area contributed by atoms with Crippen molar-refractivity contribution in [2.45, 2.75) is 6.10 Å². The molecule has 1 unspecified atom stereocenters. The Kier molecular flexibility index (Phi) is 2.90. The Morgan fingerprint density at radius 2 is 2.41 bits per heavy atom. The second kappa shape index (κ2) is 4.40. The SMILES string of the molecule is Cn1c(C2CNCCO2)nc2cc(Br)ccc21. The first-order valence-electron chi connectivity index (χ1n) is 5.70. The standard InChI is InChI=1S/C12H14BrN3O/c1-16-10-3-2-8(13)6-9(10)15-12(16)11-7-14-4-5-17-11/h2-3,6,11,14H,4-5,7H2,1H3. The number of aryl methyl sites for hydroxylation is 1. The zero-order valence-corrected chi connectivity index (χ0v) is 11.2. The second-order valence-electron chi connectivity index (χ2n) is 4.23. The van der Waals surface area contributed by atoms with Crippen LogP contribution < -0.4 is 5.32 Å². The molecule has 0 radical (unpaired) electrons. The number of benzene rings is 1. The van der Waals surface area contributed by atoms with Crippen molar-refractivity contribution in [3.63, 3.8) is 0 Å². The molecule has 2 aromatic rings. The molecule has 1 atom stereocenters. The van der Waals surface area contributed by atoms with Crippen LogP contribution >= 0.6 is 15.9 Å². The maximum atomic E-state index is 5.75. The predicted molar refractivity (Wildman–Crippen MR) is 70.0 cm³/mol. The van der Waals surface area contributed by atoms with Gasteiger partial charge in [0.2, 0.25) is 0 Å². The van der Waals surface area contributed by atoms with Gasteiger partial charge in [-0.15, -0.1) is 0 Å². The molecular formula is C12H14BrN3O. The third-order valence-corrected chi connectivity index (χ3v) is 3.59. The lowest BCUT2D eigenvalue weighted by molar-refractivity contribution is 0.0208. The van der Waals surface area contributed by atoms with Crippen molar-refractivity contribution in [2.75, 3.05) is 19.7 Å². The quantitative estimate of drug-likeness (QED) is 0.875. The Morgan fingerprint density at radius 1 is 1.53 bits per heavy atom. The van der Waals surface area contributed by atoms with Gasteiger partial charge < -0.3 is 14.6 Å². The fourth-order valence-electron chi connectivity index (χ4n) is 2.21. The Bertz CT molecular complexity index is 546. The van der Waals surface area contributed by atoms with E-state index in [0.29, 0.717) is 0 Å². The lowest BCUT2D eigenvalue weighted by Gasteiger charge is -2.23. The number of imidazole rings is 1. The van der Waals surface area contributed by atoms with Crippen molar-refractivity contribution in [3.8, 4) is 0 Å². The van der Waals surface area contributed by atoms with Gasteiger partial charge in [-0.3, -0.25) is 0 Å². The number of nitrogens with one attached hydrogen (secondary N) is 1. The molecule has 0 saturated carbocycles. The van der Waals surface area contributed by atoms with Crippen molar-refractivity contribution < 1.29 is 4.74 Å². The van der Waals surface area contributed by atoms with Gasteiger partial charge in [-0.1, -0.05) is 15.9 Å². The number of morpholine rings is 1. The molecule has 1 aromatic heterocycles. The molecule has 1 aliphatic heterocycles. The highest BCUT2D eigenvalue weighted by Gasteiger charge is 2.21. The molecule has 1 aliphatic rings. The van der Waals surface area contributed by atoms with Crippen molar-refractivity contribution in [3.05, 3.63) is 28.5 Å². The molecule has 1 saturated heterocycles. The first-order valence-corrected chi connectivity index (χ1v) is 6.49. The summed E-state index contributed by atoms with van der Waals surface area (Å²) in [7, 11) is 2.04. The highest BCUT2D eigenvalue weighted by molar-refractivity contribution is 9.10.